The number of nitrogens with two attached hydrogens (primary N) is 1. The number of nitrogens with one attached hydrogen (secondary N) is 1. The lowest BCUT2D eigenvalue weighted by Gasteiger charge is -2.29. The van der Waals surface area contributed by atoms with Gasteiger partial charge in [-0.2, -0.15) is 0 Å². The molecular weight excluding hydrogens is 236 g/mol. The van der Waals surface area contributed by atoms with Crippen LogP contribution in [-0.2, 0) is 13.3 Å². The van der Waals surface area contributed by atoms with Crippen molar-refractivity contribution in [3.05, 3.63) is 0 Å². The lowest BCUT2D eigenvalue weighted by molar-refractivity contribution is 0.0582. The maximum Gasteiger partial charge on any atom is 0.515 e. The van der Waals surface area contributed by atoms with Crippen LogP contribution in [0, 0.1) is 0 Å². The fourth-order valence-electron chi connectivity index (χ4n) is 1.28. The van der Waals surface area contributed by atoms with Crippen molar-refractivity contribution in [1.82, 2.24) is 5.32 Å². The van der Waals surface area contributed by atoms with Crippen molar-refractivity contribution in [3.63, 3.8) is 0 Å². The molecule has 0 aliphatic rings. The Bertz CT molecular complexity index is 135. The highest BCUT2D eigenvalue weighted by atomic mass is 28.4. The summed E-state index contributed by atoms with van der Waals surface area (Å²) in [5.74, 6) is 0. The van der Waals surface area contributed by atoms with E-state index >= 15 is 0 Å². The number of hydrogen-bond donors (Lipinski definition) is 2. The fourth-order valence-corrected chi connectivity index (χ4v) is 3.83. The Hall–Kier alpha value is 0.0169. The van der Waals surface area contributed by atoms with Crippen molar-refractivity contribution < 1.29 is 13.3 Å². The second-order valence-corrected chi connectivity index (χ2v) is 6.44. The topological polar surface area (TPSA) is 65.7 Å². The van der Waals surface area contributed by atoms with E-state index in [9.17, 15) is 0 Å². The van der Waals surface area contributed by atoms with Crippen molar-refractivity contribution in [1.29, 1.82) is 0 Å². The molecule has 17 heavy (non-hydrogen) atoms. The van der Waals surface area contributed by atoms with Gasteiger partial charge in [0.1, 0.15) is 0 Å². The Morgan fingerprint density at radius 3 is 1.59 bits per heavy atom. The molecule has 0 aromatic heterocycles. The molecule has 3 N–H and O–H groups in total. The molecule has 5 nitrogen and oxygen atoms in total. The normalized spacial score (nSPS) is 12.0. The molecule has 0 spiro atoms. The van der Waals surface area contributed by atoms with E-state index in [0.29, 0.717) is 32.7 Å². The van der Waals surface area contributed by atoms with Crippen LogP contribution in [0.15, 0.2) is 0 Å². The largest absolute Gasteiger partial charge is 0.515 e. The zero-order chi connectivity index (χ0) is 13.0. The van der Waals surface area contributed by atoms with Crippen LogP contribution >= 0.6 is 0 Å². The van der Waals surface area contributed by atoms with Crippen molar-refractivity contribution >= 4 is 8.80 Å². The summed E-state index contributed by atoms with van der Waals surface area (Å²) in [4.78, 5) is 0. The molecule has 0 bridgehead atoms. The smallest absolute Gasteiger partial charge is 0.373 e. The van der Waals surface area contributed by atoms with Crippen LogP contribution in [0.3, 0.4) is 0 Å². The highest BCUT2D eigenvalue weighted by molar-refractivity contribution is 6.60. The predicted molar refractivity (Wildman–Crippen MR) is 71.5 cm³/mol. The second-order valence-electron chi connectivity index (χ2n) is 3.86. The quantitative estimate of drug-likeness (QED) is 0.410. The zero-order valence-corrected chi connectivity index (χ0v) is 12.5. The summed E-state index contributed by atoms with van der Waals surface area (Å²) in [6.07, 6.45) is 3.47. The molecule has 0 aliphatic carbocycles. The molecule has 0 atom stereocenters. The summed E-state index contributed by atoms with van der Waals surface area (Å²) in [6, 6.07) is 0. The van der Waals surface area contributed by atoms with Crippen LogP contribution in [0.1, 0.15) is 40.0 Å². The van der Waals surface area contributed by atoms with Gasteiger partial charge in [-0.3, -0.25) is 0 Å². The van der Waals surface area contributed by atoms with Gasteiger partial charge < -0.3 is 24.3 Å². The number of rotatable bonds is 12. The average molecular weight is 264 g/mol. The summed E-state index contributed by atoms with van der Waals surface area (Å²) in [6.45, 7) is 8.67. The Morgan fingerprint density at radius 2 is 1.29 bits per heavy atom. The van der Waals surface area contributed by atoms with Crippen molar-refractivity contribution in [2.45, 2.75) is 40.0 Å². The molecule has 0 unspecified atom stereocenters. The summed E-state index contributed by atoms with van der Waals surface area (Å²) in [5, 5.41) is 3.08. The highest BCUT2D eigenvalue weighted by Gasteiger charge is 2.40. The molecule has 0 amide bonds. The van der Waals surface area contributed by atoms with E-state index in [4.69, 9.17) is 19.0 Å². The first-order valence-electron chi connectivity index (χ1n) is 6.57. The minimum Gasteiger partial charge on any atom is -0.373 e. The van der Waals surface area contributed by atoms with E-state index in [2.05, 4.69) is 26.1 Å². The molecule has 6 heteroatoms. The first-order valence-corrected chi connectivity index (χ1v) is 8.50. The van der Waals surface area contributed by atoms with Gasteiger partial charge in [0.15, 0.2) is 0 Å². The van der Waals surface area contributed by atoms with E-state index in [1.807, 2.05) is 0 Å². The van der Waals surface area contributed by atoms with E-state index in [1.165, 1.54) is 0 Å². The van der Waals surface area contributed by atoms with Crippen LogP contribution in [-0.4, -0.2) is 41.5 Å². The van der Waals surface area contributed by atoms with E-state index in [-0.39, 0.29) is 0 Å². The van der Waals surface area contributed by atoms with Gasteiger partial charge >= 0.3 is 8.80 Å². The third-order valence-corrected chi connectivity index (χ3v) is 4.68. The van der Waals surface area contributed by atoms with Gasteiger partial charge in [-0.1, -0.05) is 20.8 Å². The lowest BCUT2D eigenvalue weighted by atomic mass is 10.5. The van der Waals surface area contributed by atoms with E-state index in [1.54, 1.807) is 0 Å². The maximum absolute atomic E-state index is 5.86. The molecule has 0 radical (unpaired) electrons. The molecule has 0 aliphatic heterocycles. The van der Waals surface area contributed by atoms with E-state index < -0.39 is 8.80 Å². The first-order chi connectivity index (χ1) is 8.24. The van der Waals surface area contributed by atoms with Gasteiger partial charge in [0.2, 0.25) is 0 Å². The van der Waals surface area contributed by atoms with Crippen molar-refractivity contribution in [2.75, 3.05) is 32.7 Å². The summed E-state index contributed by atoms with van der Waals surface area (Å²) in [7, 11) is -2.57. The van der Waals surface area contributed by atoms with Gasteiger partial charge in [-0.05, 0) is 19.3 Å². The Kier molecular flexibility index (Phi) is 11.1. The van der Waals surface area contributed by atoms with Gasteiger partial charge in [0.05, 0.1) is 6.17 Å². The summed E-state index contributed by atoms with van der Waals surface area (Å²) < 4.78 is 17.6. The van der Waals surface area contributed by atoms with Crippen LogP contribution < -0.4 is 11.1 Å². The highest BCUT2D eigenvalue weighted by Crippen LogP contribution is 2.11. The Morgan fingerprint density at radius 1 is 0.882 bits per heavy atom. The third kappa shape index (κ3) is 7.85. The van der Waals surface area contributed by atoms with Crippen molar-refractivity contribution in [3.8, 4) is 0 Å². The fraction of sp³-hybridized carbons (Fsp3) is 1.00. The SMILES string of the molecule is CCCO[Si](CNCN)(OCCC)OCCC. The number of hydrogen-bond acceptors (Lipinski definition) is 5. The van der Waals surface area contributed by atoms with E-state index in [0.717, 1.165) is 19.3 Å². The molecule has 0 heterocycles. The molecule has 0 saturated heterocycles. The Balaban J connectivity index is 4.39. The Labute approximate surface area is 106 Å². The summed E-state index contributed by atoms with van der Waals surface area (Å²) >= 11 is 0. The minimum atomic E-state index is -2.57. The van der Waals surface area contributed by atoms with Crippen LogP contribution in [0.5, 0.6) is 0 Å². The first kappa shape index (κ1) is 17.0. The van der Waals surface area contributed by atoms with Crippen LogP contribution in [0.25, 0.3) is 0 Å². The lowest BCUT2D eigenvalue weighted by Crippen LogP contribution is -2.55. The molecule has 0 saturated carbocycles. The standard InChI is InChI=1S/C11H28N2O3Si/c1-4-7-14-17(11-13-10-12,15-8-5-2)16-9-6-3/h13H,4-12H2,1-3H3. The monoisotopic (exact) mass is 264 g/mol. The van der Waals surface area contributed by atoms with Crippen molar-refractivity contribution in [2.24, 2.45) is 5.73 Å². The molecule has 0 fully saturated rings. The predicted octanol–water partition coefficient (Wildman–Crippen LogP) is 1.25. The van der Waals surface area contributed by atoms with Gasteiger partial charge in [-0.25, -0.2) is 0 Å². The van der Waals surface area contributed by atoms with Gasteiger partial charge in [-0.15, -0.1) is 0 Å². The van der Waals surface area contributed by atoms with Crippen LogP contribution in [0.4, 0.5) is 0 Å². The van der Waals surface area contributed by atoms with Gasteiger partial charge in [0, 0.05) is 26.5 Å². The molecule has 0 aromatic carbocycles. The third-order valence-electron chi connectivity index (χ3n) is 2.06. The minimum absolute atomic E-state index is 0.412. The second kappa shape index (κ2) is 11.1. The molecule has 104 valence electrons. The molecule has 0 aromatic rings. The van der Waals surface area contributed by atoms with Crippen LogP contribution in [0.2, 0.25) is 0 Å². The summed E-state index contributed by atoms with van der Waals surface area (Å²) in [5.41, 5.74) is 5.47. The maximum atomic E-state index is 5.86. The average Bonchev–Trinajstić information content (AvgIpc) is 2.37. The van der Waals surface area contributed by atoms with Gasteiger partial charge in [0.25, 0.3) is 0 Å². The zero-order valence-electron chi connectivity index (χ0n) is 11.5. The molecular formula is C11H28N2O3Si. The molecule has 0 rings (SSSR count).